The Hall–Kier alpha value is -1.18. The van der Waals surface area contributed by atoms with E-state index < -0.39 is 54.0 Å². The molecule has 0 heterocycles. The minimum atomic E-state index is -3.78. The predicted octanol–water partition coefficient (Wildman–Crippen LogP) is 4.10. The molecule has 0 aromatic heterocycles. The Morgan fingerprint density at radius 1 is 1.14 bits per heavy atom. The average molecular weight is 316 g/mol. The molecule has 0 aliphatic heterocycles. The number of hydrogen-bond acceptors (Lipinski definition) is 2. The molecule has 1 aliphatic rings. The van der Waals surface area contributed by atoms with Crippen molar-refractivity contribution in [2.75, 3.05) is 0 Å². The Bertz CT molecular complexity index is 454. The highest BCUT2D eigenvalue weighted by Crippen LogP contribution is 2.50. The predicted molar refractivity (Wildman–Crippen MR) is 67.1 cm³/mol. The second kappa shape index (κ2) is 5.90. The summed E-state index contributed by atoms with van der Waals surface area (Å²) in [7, 11) is 0. The van der Waals surface area contributed by atoms with E-state index in [1.165, 1.54) is 13.8 Å². The highest BCUT2D eigenvalue weighted by Gasteiger charge is 2.54. The molecule has 0 spiro atoms. The molecule has 1 aliphatic carbocycles. The number of halogens is 6. The number of hydrazine groups is 1. The fraction of sp³-hybridized carbons (Fsp3) is 0.692. The van der Waals surface area contributed by atoms with Gasteiger partial charge < -0.3 is 5.01 Å². The summed E-state index contributed by atoms with van der Waals surface area (Å²) in [6.45, 7) is 3.92. The third kappa shape index (κ3) is 3.36. The highest BCUT2D eigenvalue weighted by atomic mass is 19.3. The van der Waals surface area contributed by atoms with Gasteiger partial charge in [0.05, 0.1) is 5.57 Å². The van der Waals surface area contributed by atoms with E-state index in [9.17, 15) is 26.3 Å². The number of rotatable bonds is 4. The van der Waals surface area contributed by atoms with E-state index in [0.29, 0.717) is 5.01 Å². The van der Waals surface area contributed by atoms with Crippen LogP contribution in [0.3, 0.4) is 0 Å². The van der Waals surface area contributed by atoms with Crippen molar-refractivity contribution < 1.29 is 26.3 Å². The van der Waals surface area contributed by atoms with Crippen LogP contribution in [0.1, 0.15) is 33.6 Å². The van der Waals surface area contributed by atoms with Crippen molar-refractivity contribution in [3.05, 3.63) is 22.9 Å². The van der Waals surface area contributed by atoms with E-state index in [1.54, 1.807) is 0 Å². The highest BCUT2D eigenvalue weighted by molar-refractivity contribution is 5.45. The standard InChI is InChI=1S/C13H18F6N2/c1-4-8(11(14)15)9-10(21(20)7(2)3)13(18,19)6-5-12(9,16)17/h4,7,11H,5-6,20H2,1-3H3/b8-4+. The monoisotopic (exact) mass is 316 g/mol. The van der Waals surface area contributed by atoms with Gasteiger partial charge in [-0.15, -0.1) is 0 Å². The molecule has 0 aromatic carbocycles. The molecule has 0 fully saturated rings. The smallest absolute Gasteiger partial charge is 0.289 e. The van der Waals surface area contributed by atoms with Gasteiger partial charge in [-0.3, -0.25) is 0 Å². The van der Waals surface area contributed by atoms with Crippen LogP contribution < -0.4 is 5.84 Å². The van der Waals surface area contributed by atoms with E-state index in [-0.39, 0.29) is 0 Å². The summed E-state index contributed by atoms with van der Waals surface area (Å²) in [5.74, 6) is -2.00. The first-order valence-electron chi connectivity index (χ1n) is 6.45. The zero-order valence-corrected chi connectivity index (χ0v) is 11.9. The van der Waals surface area contributed by atoms with Crippen LogP contribution in [-0.2, 0) is 0 Å². The molecule has 122 valence electrons. The van der Waals surface area contributed by atoms with Gasteiger partial charge in [-0.25, -0.2) is 23.4 Å². The van der Waals surface area contributed by atoms with E-state index in [1.807, 2.05) is 0 Å². The molecule has 8 heteroatoms. The van der Waals surface area contributed by atoms with Gasteiger partial charge in [-0.05, 0) is 20.8 Å². The van der Waals surface area contributed by atoms with Crippen LogP contribution in [0.4, 0.5) is 26.3 Å². The molecule has 0 aromatic rings. The number of nitrogens with two attached hydrogens (primary N) is 1. The zero-order chi connectivity index (χ0) is 16.6. The maximum absolute atomic E-state index is 14.0. The van der Waals surface area contributed by atoms with E-state index in [4.69, 9.17) is 5.84 Å². The van der Waals surface area contributed by atoms with Gasteiger partial charge in [0, 0.05) is 24.5 Å². The van der Waals surface area contributed by atoms with Crippen LogP contribution in [0, 0.1) is 0 Å². The fourth-order valence-electron chi connectivity index (χ4n) is 2.22. The van der Waals surface area contributed by atoms with Crippen LogP contribution in [-0.4, -0.2) is 29.3 Å². The van der Waals surface area contributed by atoms with Crippen LogP contribution in [0.5, 0.6) is 0 Å². The van der Waals surface area contributed by atoms with Crippen molar-refractivity contribution >= 4 is 0 Å². The molecule has 0 radical (unpaired) electrons. The molecule has 0 unspecified atom stereocenters. The molecule has 1 rings (SSSR count). The van der Waals surface area contributed by atoms with Gasteiger partial charge in [0.1, 0.15) is 5.70 Å². The van der Waals surface area contributed by atoms with Crippen molar-refractivity contribution in [3.63, 3.8) is 0 Å². The summed E-state index contributed by atoms with van der Waals surface area (Å²) in [5.41, 5.74) is -3.68. The van der Waals surface area contributed by atoms with Crippen molar-refractivity contribution in [2.24, 2.45) is 5.84 Å². The van der Waals surface area contributed by atoms with Crippen molar-refractivity contribution in [3.8, 4) is 0 Å². The summed E-state index contributed by atoms with van der Waals surface area (Å²) >= 11 is 0. The minimum Gasteiger partial charge on any atom is -0.306 e. The second-order valence-electron chi connectivity index (χ2n) is 5.18. The van der Waals surface area contributed by atoms with Gasteiger partial charge >= 0.3 is 0 Å². The van der Waals surface area contributed by atoms with Crippen molar-refractivity contribution in [2.45, 2.75) is 57.9 Å². The SMILES string of the molecule is C/C=C(\C1=C(N(N)C(C)C)C(F)(F)CCC1(F)F)C(F)F. The first-order chi connectivity index (χ1) is 9.45. The average Bonchev–Trinajstić information content (AvgIpc) is 2.34. The van der Waals surface area contributed by atoms with Gasteiger partial charge in [-0.1, -0.05) is 6.08 Å². The largest absolute Gasteiger partial charge is 0.306 e. The summed E-state index contributed by atoms with van der Waals surface area (Å²) < 4.78 is 82.1. The molecule has 21 heavy (non-hydrogen) atoms. The lowest BCUT2D eigenvalue weighted by Gasteiger charge is -2.40. The number of allylic oxidation sites excluding steroid dienone is 4. The second-order valence-corrected chi connectivity index (χ2v) is 5.18. The topological polar surface area (TPSA) is 29.3 Å². The third-order valence-corrected chi connectivity index (χ3v) is 3.35. The lowest BCUT2D eigenvalue weighted by atomic mass is 9.84. The molecule has 2 N–H and O–H groups in total. The molecule has 0 saturated heterocycles. The lowest BCUT2D eigenvalue weighted by Crippen LogP contribution is -2.49. The maximum atomic E-state index is 14.0. The maximum Gasteiger partial charge on any atom is 0.289 e. The lowest BCUT2D eigenvalue weighted by molar-refractivity contribution is -0.0695. The molecular formula is C13H18F6N2. The van der Waals surface area contributed by atoms with E-state index >= 15 is 0 Å². The van der Waals surface area contributed by atoms with Gasteiger partial charge in [0.2, 0.25) is 0 Å². The Morgan fingerprint density at radius 2 is 1.62 bits per heavy atom. The van der Waals surface area contributed by atoms with Gasteiger partial charge in [0.25, 0.3) is 18.3 Å². The van der Waals surface area contributed by atoms with Crippen LogP contribution in [0.2, 0.25) is 0 Å². The van der Waals surface area contributed by atoms with Crippen LogP contribution in [0.25, 0.3) is 0 Å². The minimum absolute atomic E-state index is 0.453. The Morgan fingerprint density at radius 3 is 2.00 bits per heavy atom. The Balaban J connectivity index is 3.67. The summed E-state index contributed by atoms with van der Waals surface area (Å²) in [6, 6.07) is -0.745. The summed E-state index contributed by atoms with van der Waals surface area (Å²) in [6.07, 6.45) is -4.90. The normalized spacial score (nSPS) is 22.2. The molecule has 0 saturated carbocycles. The quantitative estimate of drug-likeness (QED) is 0.481. The Labute approximate surface area is 119 Å². The molecule has 2 nitrogen and oxygen atoms in total. The molecule has 0 bridgehead atoms. The fourth-order valence-corrected chi connectivity index (χ4v) is 2.22. The van der Waals surface area contributed by atoms with E-state index in [0.717, 1.165) is 13.0 Å². The van der Waals surface area contributed by atoms with Crippen LogP contribution >= 0.6 is 0 Å². The number of alkyl halides is 6. The number of nitrogens with zero attached hydrogens (tertiary/aromatic N) is 1. The third-order valence-electron chi connectivity index (χ3n) is 3.35. The van der Waals surface area contributed by atoms with Crippen LogP contribution in [0.15, 0.2) is 22.9 Å². The summed E-state index contributed by atoms with van der Waals surface area (Å²) in [5, 5.41) is 0.453. The zero-order valence-electron chi connectivity index (χ0n) is 11.9. The van der Waals surface area contributed by atoms with Gasteiger partial charge in [-0.2, -0.15) is 8.78 Å². The molecular weight excluding hydrogens is 298 g/mol. The molecule has 0 atom stereocenters. The Kier molecular flexibility index (Phi) is 5.02. The first-order valence-corrected chi connectivity index (χ1v) is 6.45. The number of hydrogen-bond donors (Lipinski definition) is 1. The van der Waals surface area contributed by atoms with Gasteiger partial charge in [0.15, 0.2) is 0 Å². The summed E-state index contributed by atoms with van der Waals surface area (Å²) in [4.78, 5) is 0. The van der Waals surface area contributed by atoms with Crippen molar-refractivity contribution in [1.82, 2.24) is 5.01 Å². The first kappa shape index (κ1) is 17.9. The van der Waals surface area contributed by atoms with Crippen molar-refractivity contribution in [1.29, 1.82) is 0 Å². The molecule has 0 amide bonds. The van der Waals surface area contributed by atoms with E-state index in [2.05, 4.69) is 0 Å².